The fourth-order valence-corrected chi connectivity index (χ4v) is 3.65. The first kappa shape index (κ1) is 20.5. The Labute approximate surface area is 179 Å². The predicted molar refractivity (Wildman–Crippen MR) is 115 cm³/mol. The summed E-state index contributed by atoms with van der Waals surface area (Å²) in [7, 11) is 0. The summed E-state index contributed by atoms with van der Waals surface area (Å²) in [6.07, 6.45) is 0.842. The van der Waals surface area contributed by atoms with E-state index in [0.717, 1.165) is 28.6 Å². The number of nitrogens with zero attached hydrogens (tertiary/aromatic N) is 2. The highest BCUT2D eigenvalue weighted by atomic mass is 35.5. The maximum Gasteiger partial charge on any atom is 0.341 e. The van der Waals surface area contributed by atoms with Gasteiger partial charge in [0, 0.05) is 11.6 Å². The van der Waals surface area contributed by atoms with Crippen molar-refractivity contribution in [1.29, 1.82) is 0 Å². The third-order valence-electron chi connectivity index (χ3n) is 5.19. The highest BCUT2D eigenvalue weighted by molar-refractivity contribution is 6.30. The average molecular weight is 430 g/mol. The third-order valence-corrected chi connectivity index (χ3v) is 5.42. The molecule has 1 aromatic heterocycles. The number of carbonyl (C=O) groups is 1. The minimum absolute atomic E-state index is 0.150. The van der Waals surface area contributed by atoms with Crippen LogP contribution in [0, 0.1) is 0 Å². The molecule has 0 aliphatic carbocycles. The van der Waals surface area contributed by atoms with E-state index in [1.807, 2.05) is 43.3 Å². The molecule has 2 amide bonds. The first-order valence-electron chi connectivity index (χ1n) is 9.79. The zero-order valence-corrected chi connectivity index (χ0v) is 17.4. The van der Waals surface area contributed by atoms with Crippen molar-refractivity contribution in [3.8, 4) is 0 Å². The monoisotopic (exact) mass is 429 g/mol. The molecule has 0 saturated carbocycles. The number of aliphatic hydroxyl groups is 1. The SMILES string of the molecule is CC(CO)(Nc1nc2cccc(CNC(=O)N3CCCO3)c2[nH]1)c1cccc(Cl)c1. The molecule has 0 spiro atoms. The van der Waals surface area contributed by atoms with E-state index < -0.39 is 5.54 Å². The number of benzene rings is 2. The quantitative estimate of drug-likeness (QED) is 0.481. The summed E-state index contributed by atoms with van der Waals surface area (Å²) in [6, 6.07) is 12.8. The van der Waals surface area contributed by atoms with E-state index in [0.29, 0.717) is 30.7 Å². The molecule has 2 aromatic carbocycles. The number of para-hydroxylation sites is 1. The maximum atomic E-state index is 12.2. The molecule has 1 fully saturated rings. The standard InChI is InChI=1S/C21H24ClN5O3/c1-21(13-28,15-6-3-7-16(22)11-15)26-19-24-17-8-2-5-14(18(17)25-19)12-23-20(29)27-9-4-10-30-27/h2-3,5-8,11,28H,4,9-10,12-13H2,1H3,(H,23,29)(H2,24,25,26). The van der Waals surface area contributed by atoms with Gasteiger partial charge in [0.25, 0.3) is 0 Å². The summed E-state index contributed by atoms with van der Waals surface area (Å²) in [6.45, 7) is 3.22. The number of halogens is 1. The lowest BCUT2D eigenvalue weighted by Crippen LogP contribution is -2.36. The van der Waals surface area contributed by atoms with Crippen LogP contribution < -0.4 is 10.6 Å². The second-order valence-electron chi connectivity index (χ2n) is 7.47. The van der Waals surface area contributed by atoms with E-state index in [2.05, 4.69) is 20.6 Å². The summed E-state index contributed by atoms with van der Waals surface area (Å²) < 4.78 is 0. The number of fused-ring (bicyclic) bond motifs is 1. The Morgan fingerprint density at radius 2 is 2.20 bits per heavy atom. The molecule has 4 N–H and O–H groups in total. The Kier molecular flexibility index (Phi) is 5.80. The average Bonchev–Trinajstić information content (AvgIpc) is 3.41. The van der Waals surface area contributed by atoms with E-state index in [-0.39, 0.29) is 12.6 Å². The number of hydrogen-bond donors (Lipinski definition) is 4. The molecule has 3 aromatic rings. The number of amides is 2. The molecule has 4 rings (SSSR count). The van der Waals surface area contributed by atoms with Crippen molar-refractivity contribution in [3.05, 3.63) is 58.6 Å². The van der Waals surface area contributed by atoms with Gasteiger partial charge in [-0.25, -0.2) is 14.8 Å². The first-order valence-corrected chi connectivity index (χ1v) is 10.2. The topological polar surface area (TPSA) is 103 Å². The molecule has 1 saturated heterocycles. The smallest absolute Gasteiger partial charge is 0.341 e. The fourth-order valence-electron chi connectivity index (χ4n) is 3.46. The maximum absolute atomic E-state index is 12.2. The van der Waals surface area contributed by atoms with E-state index in [9.17, 15) is 9.90 Å². The van der Waals surface area contributed by atoms with Crippen LogP contribution in [-0.2, 0) is 16.9 Å². The number of urea groups is 1. The summed E-state index contributed by atoms with van der Waals surface area (Å²) >= 11 is 6.12. The van der Waals surface area contributed by atoms with Gasteiger partial charge in [-0.15, -0.1) is 0 Å². The number of hydrogen-bond acceptors (Lipinski definition) is 5. The number of carbonyl (C=O) groups excluding carboxylic acids is 1. The van der Waals surface area contributed by atoms with Crippen LogP contribution in [0.15, 0.2) is 42.5 Å². The lowest BCUT2D eigenvalue weighted by Gasteiger charge is -2.29. The molecule has 1 unspecified atom stereocenters. The number of nitrogens with one attached hydrogen (secondary N) is 3. The van der Waals surface area contributed by atoms with Crippen LogP contribution >= 0.6 is 11.6 Å². The fraction of sp³-hybridized carbons (Fsp3) is 0.333. The molecule has 0 bridgehead atoms. The van der Waals surface area contributed by atoms with Gasteiger partial charge in [0.15, 0.2) is 0 Å². The molecule has 1 aliphatic heterocycles. The van der Waals surface area contributed by atoms with Crippen molar-refractivity contribution in [1.82, 2.24) is 20.3 Å². The molecule has 8 nitrogen and oxygen atoms in total. The molecule has 0 radical (unpaired) electrons. The van der Waals surface area contributed by atoms with Gasteiger partial charge in [-0.3, -0.25) is 4.84 Å². The lowest BCUT2D eigenvalue weighted by molar-refractivity contribution is -0.0663. The largest absolute Gasteiger partial charge is 0.394 e. The summed E-state index contributed by atoms with van der Waals surface area (Å²) in [5, 5.41) is 18.2. The number of aromatic nitrogens is 2. The molecule has 158 valence electrons. The van der Waals surface area contributed by atoms with Gasteiger partial charge in [-0.1, -0.05) is 35.9 Å². The molecule has 1 aliphatic rings. The second kappa shape index (κ2) is 8.51. The van der Waals surface area contributed by atoms with Gasteiger partial charge in [-0.2, -0.15) is 0 Å². The number of H-pyrrole nitrogens is 1. The Morgan fingerprint density at radius 3 is 2.93 bits per heavy atom. The van der Waals surface area contributed by atoms with Crippen molar-refractivity contribution in [2.75, 3.05) is 25.1 Å². The van der Waals surface area contributed by atoms with Crippen LogP contribution in [0.3, 0.4) is 0 Å². The zero-order chi connectivity index (χ0) is 21.1. The molecule has 1 atom stereocenters. The van der Waals surface area contributed by atoms with Crippen molar-refractivity contribution < 1.29 is 14.7 Å². The Morgan fingerprint density at radius 1 is 1.37 bits per heavy atom. The highest BCUT2D eigenvalue weighted by Gasteiger charge is 2.27. The van der Waals surface area contributed by atoms with Gasteiger partial charge in [0.2, 0.25) is 5.95 Å². The molecule has 9 heteroatoms. The van der Waals surface area contributed by atoms with Gasteiger partial charge in [-0.05, 0) is 42.7 Å². The van der Waals surface area contributed by atoms with E-state index in [4.69, 9.17) is 16.4 Å². The van der Waals surface area contributed by atoms with Gasteiger partial charge < -0.3 is 20.7 Å². The van der Waals surface area contributed by atoms with Crippen LogP contribution in [0.4, 0.5) is 10.7 Å². The van der Waals surface area contributed by atoms with Crippen LogP contribution in [0.5, 0.6) is 0 Å². The molecule has 30 heavy (non-hydrogen) atoms. The lowest BCUT2D eigenvalue weighted by atomic mass is 9.93. The predicted octanol–water partition coefficient (Wildman–Crippen LogP) is 3.38. The van der Waals surface area contributed by atoms with Crippen molar-refractivity contribution in [2.24, 2.45) is 0 Å². The van der Waals surface area contributed by atoms with Crippen LogP contribution in [-0.4, -0.2) is 45.9 Å². The molecular formula is C21H24ClN5O3. The number of aliphatic hydroxyl groups excluding tert-OH is 1. The number of anilines is 1. The van der Waals surface area contributed by atoms with Gasteiger partial charge >= 0.3 is 6.03 Å². The zero-order valence-electron chi connectivity index (χ0n) is 16.6. The van der Waals surface area contributed by atoms with E-state index >= 15 is 0 Å². The van der Waals surface area contributed by atoms with Gasteiger partial charge in [0.1, 0.15) is 0 Å². The number of rotatable bonds is 6. The Balaban J connectivity index is 1.54. The summed E-state index contributed by atoms with van der Waals surface area (Å²) in [5.41, 5.74) is 2.53. The van der Waals surface area contributed by atoms with Crippen LogP contribution in [0.1, 0.15) is 24.5 Å². The Hall–Kier alpha value is -2.81. The normalized spacial score (nSPS) is 15.9. The summed E-state index contributed by atoms with van der Waals surface area (Å²) in [4.78, 5) is 25.3. The minimum Gasteiger partial charge on any atom is -0.394 e. The summed E-state index contributed by atoms with van der Waals surface area (Å²) in [5.74, 6) is 0.517. The Bertz CT molecular complexity index is 1050. The highest BCUT2D eigenvalue weighted by Crippen LogP contribution is 2.28. The van der Waals surface area contributed by atoms with E-state index in [1.54, 1.807) is 6.07 Å². The van der Waals surface area contributed by atoms with Crippen molar-refractivity contribution in [2.45, 2.75) is 25.4 Å². The van der Waals surface area contributed by atoms with Crippen LogP contribution in [0.2, 0.25) is 5.02 Å². The third kappa shape index (κ3) is 4.21. The number of imidazole rings is 1. The van der Waals surface area contributed by atoms with Crippen LogP contribution in [0.25, 0.3) is 11.0 Å². The number of aromatic amines is 1. The first-order chi connectivity index (χ1) is 14.5. The minimum atomic E-state index is -0.778. The van der Waals surface area contributed by atoms with E-state index in [1.165, 1.54) is 5.06 Å². The number of hydroxylamine groups is 2. The molecule has 2 heterocycles. The van der Waals surface area contributed by atoms with Crippen molar-refractivity contribution in [3.63, 3.8) is 0 Å². The second-order valence-corrected chi connectivity index (χ2v) is 7.91. The molecular weight excluding hydrogens is 406 g/mol. The van der Waals surface area contributed by atoms with Crippen molar-refractivity contribution >= 4 is 34.6 Å². The van der Waals surface area contributed by atoms with Gasteiger partial charge in [0.05, 0.1) is 36.3 Å².